The lowest BCUT2D eigenvalue weighted by Crippen LogP contribution is -2.42. The van der Waals surface area contributed by atoms with E-state index in [0.29, 0.717) is 5.02 Å². The van der Waals surface area contributed by atoms with Crippen LogP contribution in [0.2, 0.25) is 5.02 Å². The summed E-state index contributed by atoms with van der Waals surface area (Å²) in [5.74, 6) is -1.05. The van der Waals surface area contributed by atoms with Gasteiger partial charge in [-0.1, -0.05) is 11.6 Å². The van der Waals surface area contributed by atoms with E-state index in [2.05, 4.69) is 4.72 Å². The molecule has 0 aliphatic rings. The molecule has 0 spiro atoms. The van der Waals surface area contributed by atoms with E-state index in [1.807, 2.05) is 0 Å². The van der Waals surface area contributed by atoms with Gasteiger partial charge in [0.15, 0.2) is 0 Å². The van der Waals surface area contributed by atoms with E-state index >= 15 is 0 Å². The molecule has 8 heteroatoms. The number of aliphatic carboxylic acids is 1. The molecule has 0 fully saturated rings. The Morgan fingerprint density at radius 1 is 1.44 bits per heavy atom. The lowest BCUT2D eigenvalue weighted by atomic mass is 10.4. The van der Waals surface area contributed by atoms with Crippen molar-refractivity contribution < 1.29 is 18.3 Å². The highest BCUT2D eigenvalue weighted by atomic mass is 35.5. The molecule has 0 heterocycles. The van der Waals surface area contributed by atoms with Crippen LogP contribution in [0.1, 0.15) is 0 Å². The monoisotopic (exact) mass is 309 g/mol. The molecule has 0 aromatic heterocycles. The van der Waals surface area contributed by atoms with Gasteiger partial charge in [0.1, 0.15) is 6.04 Å². The van der Waals surface area contributed by atoms with Gasteiger partial charge in [-0.2, -0.15) is 16.5 Å². The number of nitrogens with one attached hydrogen (secondary N) is 1. The number of halogens is 1. The Labute approximate surface area is 115 Å². The molecular weight excluding hydrogens is 298 g/mol. The molecule has 1 rings (SSSR count). The topological polar surface area (TPSA) is 83.5 Å². The van der Waals surface area contributed by atoms with Crippen LogP contribution < -0.4 is 4.72 Å². The Kier molecular flexibility index (Phi) is 5.46. The summed E-state index contributed by atoms with van der Waals surface area (Å²) in [6.07, 6.45) is 1.70. The van der Waals surface area contributed by atoms with Crippen LogP contribution in [0.25, 0.3) is 0 Å². The van der Waals surface area contributed by atoms with Crippen LogP contribution in [-0.2, 0) is 14.8 Å². The number of hydrogen-bond acceptors (Lipinski definition) is 4. The van der Waals surface area contributed by atoms with Crippen LogP contribution in [0.15, 0.2) is 29.2 Å². The number of rotatable bonds is 6. The minimum absolute atomic E-state index is 0.0146. The number of benzene rings is 1. The van der Waals surface area contributed by atoms with E-state index in [-0.39, 0.29) is 10.6 Å². The van der Waals surface area contributed by atoms with Crippen LogP contribution in [0.3, 0.4) is 0 Å². The first-order chi connectivity index (χ1) is 8.36. The summed E-state index contributed by atoms with van der Waals surface area (Å²) in [7, 11) is -3.85. The second-order valence-corrected chi connectivity index (χ2v) is 6.48. The second-order valence-electron chi connectivity index (χ2n) is 3.42. The minimum atomic E-state index is -3.85. The highest BCUT2D eigenvalue weighted by Crippen LogP contribution is 2.14. The molecule has 2 N–H and O–H groups in total. The number of thioether (sulfide) groups is 1. The molecule has 1 atom stereocenters. The van der Waals surface area contributed by atoms with Gasteiger partial charge in [-0.05, 0) is 30.5 Å². The van der Waals surface area contributed by atoms with Gasteiger partial charge < -0.3 is 5.11 Å². The maximum atomic E-state index is 11.9. The van der Waals surface area contributed by atoms with Crippen molar-refractivity contribution >= 4 is 39.4 Å². The zero-order chi connectivity index (χ0) is 13.8. The standard InChI is InChI=1S/C10H12ClNO4S2/c1-17-6-9(10(13)14)12-18(15,16)8-4-2-7(11)3-5-8/h2-5,9,12H,6H2,1H3,(H,13,14)/t9-/m1/s1. The fraction of sp³-hybridized carbons (Fsp3) is 0.300. The summed E-state index contributed by atoms with van der Waals surface area (Å²) in [6.45, 7) is 0. The van der Waals surface area contributed by atoms with Crippen molar-refractivity contribution in [3.05, 3.63) is 29.3 Å². The maximum absolute atomic E-state index is 11.9. The molecule has 0 aliphatic heterocycles. The summed E-state index contributed by atoms with van der Waals surface area (Å²) in [4.78, 5) is 10.9. The summed E-state index contributed by atoms with van der Waals surface area (Å²) in [6, 6.07) is 4.35. The van der Waals surface area contributed by atoms with E-state index in [1.54, 1.807) is 6.26 Å². The van der Waals surface area contributed by atoms with Crippen LogP contribution in [0.4, 0.5) is 0 Å². The van der Waals surface area contributed by atoms with Gasteiger partial charge in [-0.3, -0.25) is 4.79 Å². The molecule has 100 valence electrons. The van der Waals surface area contributed by atoms with Crippen molar-refractivity contribution in [3.63, 3.8) is 0 Å². The number of carboxylic acids is 1. The van der Waals surface area contributed by atoms with Gasteiger partial charge in [0, 0.05) is 10.8 Å². The van der Waals surface area contributed by atoms with Crippen molar-refractivity contribution in [1.82, 2.24) is 4.72 Å². The van der Waals surface area contributed by atoms with Crippen molar-refractivity contribution in [2.24, 2.45) is 0 Å². The molecule has 18 heavy (non-hydrogen) atoms. The van der Waals surface area contributed by atoms with Crippen LogP contribution in [0.5, 0.6) is 0 Å². The third kappa shape index (κ3) is 4.16. The Morgan fingerprint density at radius 2 is 2.00 bits per heavy atom. The smallest absolute Gasteiger partial charge is 0.322 e. The molecule has 0 amide bonds. The Balaban J connectivity index is 2.93. The van der Waals surface area contributed by atoms with Gasteiger partial charge in [-0.25, -0.2) is 8.42 Å². The number of carboxylic acid groups (broad SMARTS) is 1. The molecule has 0 bridgehead atoms. The lowest BCUT2D eigenvalue weighted by molar-refractivity contribution is -0.138. The largest absolute Gasteiger partial charge is 0.480 e. The molecule has 0 saturated heterocycles. The van der Waals surface area contributed by atoms with Crippen molar-refractivity contribution in [2.45, 2.75) is 10.9 Å². The fourth-order valence-corrected chi connectivity index (χ4v) is 3.17. The first-order valence-corrected chi connectivity index (χ1v) is 8.12. The van der Waals surface area contributed by atoms with Gasteiger partial charge in [0.2, 0.25) is 10.0 Å². The number of hydrogen-bond donors (Lipinski definition) is 2. The van der Waals surface area contributed by atoms with Gasteiger partial charge in [0.25, 0.3) is 0 Å². The van der Waals surface area contributed by atoms with Crippen LogP contribution in [0, 0.1) is 0 Å². The Bertz CT molecular complexity index is 515. The molecule has 5 nitrogen and oxygen atoms in total. The van der Waals surface area contributed by atoms with E-state index < -0.39 is 22.0 Å². The molecule has 0 aliphatic carbocycles. The average molecular weight is 310 g/mol. The number of carbonyl (C=O) groups is 1. The molecule has 1 aromatic rings. The maximum Gasteiger partial charge on any atom is 0.322 e. The first-order valence-electron chi connectivity index (χ1n) is 4.86. The van der Waals surface area contributed by atoms with Gasteiger partial charge in [-0.15, -0.1) is 0 Å². The SMILES string of the molecule is CSC[C@@H](NS(=O)(=O)c1ccc(Cl)cc1)C(=O)O. The third-order valence-corrected chi connectivity index (χ3v) is 4.46. The van der Waals surface area contributed by atoms with E-state index in [4.69, 9.17) is 16.7 Å². The van der Waals surface area contributed by atoms with Crippen LogP contribution >= 0.6 is 23.4 Å². The molecule has 0 saturated carbocycles. The zero-order valence-electron chi connectivity index (χ0n) is 9.46. The molecular formula is C10H12ClNO4S2. The van der Waals surface area contributed by atoms with Gasteiger partial charge >= 0.3 is 5.97 Å². The lowest BCUT2D eigenvalue weighted by Gasteiger charge is -2.13. The first kappa shape index (κ1) is 15.3. The van der Waals surface area contributed by atoms with Crippen LogP contribution in [-0.4, -0.2) is 37.5 Å². The molecule has 0 radical (unpaired) electrons. The highest BCUT2D eigenvalue weighted by molar-refractivity contribution is 7.98. The third-order valence-electron chi connectivity index (χ3n) is 2.05. The average Bonchev–Trinajstić information content (AvgIpc) is 2.28. The Hall–Kier alpha value is -0.760. The summed E-state index contributed by atoms with van der Waals surface area (Å²) in [5.41, 5.74) is 0. The minimum Gasteiger partial charge on any atom is -0.480 e. The predicted molar refractivity (Wildman–Crippen MR) is 71.6 cm³/mol. The van der Waals surface area contributed by atoms with E-state index in [9.17, 15) is 13.2 Å². The number of sulfonamides is 1. The molecule has 1 aromatic carbocycles. The molecule has 0 unspecified atom stereocenters. The zero-order valence-corrected chi connectivity index (χ0v) is 11.8. The normalized spacial score (nSPS) is 13.2. The van der Waals surface area contributed by atoms with Crippen molar-refractivity contribution in [2.75, 3.05) is 12.0 Å². The summed E-state index contributed by atoms with van der Waals surface area (Å²) >= 11 is 6.90. The Morgan fingerprint density at radius 3 is 2.44 bits per heavy atom. The van der Waals surface area contributed by atoms with Crippen molar-refractivity contribution in [3.8, 4) is 0 Å². The predicted octanol–water partition coefficient (Wildman–Crippen LogP) is 1.43. The summed E-state index contributed by atoms with van der Waals surface area (Å²) < 4.78 is 26.0. The summed E-state index contributed by atoms with van der Waals surface area (Å²) in [5, 5.41) is 9.31. The van der Waals surface area contributed by atoms with E-state index in [1.165, 1.54) is 36.0 Å². The highest BCUT2D eigenvalue weighted by Gasteiger charge is 2.24. The quantitative estimate of drug-likeness (QED) is 0.830. The fourth-order valence-electron chi connectivity index (χ4n) is 1.19. The van der Waals surface area contributed by atoms with E-state index in [0.717, 1.165) is 0 Å². The second kappa shape index (κ2) is 6.42. The van der Waals surface area contributed by atoms with Crippen molar-refractivity contribution in [1.29, 1.82) is 0 Å². The van der Waals surface area contributed by atoms with Gasteiger partial charge in [0.05, 0.1) is 4.90 Å².